The number of ether oxygens (including phenoxy) is 1. The Bertz CT molecular complexity index is 1040. The molecule has 0 amide bonds. The van der Waals surface area contributed by atoms with Gasteiger partial charge in [-0.25, -0.2) is 17.8 Å². The highest BCUT2D eigenvalue weighted by atomic mass is 32.2. The second kappa shape index (κ2) is 6.66. The number of pyridine rings is 1. The summed E-state index contributed by atoms with van der Waals surface area (Å²) >= 11 is 0. The lowest BCUT2D eigenvalue weighted by Gasteiger charge is -2.17. The molecular weight excluding hydrogens is 355 g/mol. The molecule has 26 heavy (non-hydrogen) atoms. The molecule has 2 aromatic carbocycles. The maximum absolute atomic E-state index is 13.0. The first-order valence-corrected chi connectivity index (χ1v) is 9.74. The molecule has 5 nitrogen and oxygen atoms in total. The molecule has 3 aromatic rings. The Morgan fingerprint density at radius 2 is 1.81 bits per heavy atom. The summed E-state index contributed by atoms with van der Waals surface area (Å²) < 4.78 is 45.6. The molecule has 7 heteroatoms. The van der Waals surface area contributed by atoms with E-state index in [9.17, 15) is 12.8 Å². The van der Waals surface area contributed by atoms with Crippen molar-refractivity contribution in [3.63, 3.8) is 0 Å². The first-order chi connectivity index (χ1) is 12.5. The van der Waals surface area contributed by atoms with Gasteiger partial charge in [0.25, 0.3) is 0 Å². The van der Waals surface area contributed by atoms with Crippen molar-refractivity contribution in [2.24, 2.45) is 0 Å². The summed E-state index contributed by atoms with van der Waals surface area (Å²) in [5.74, 6) is 0.0173. The molecule has 1 fully saturated rings. The minimum Gasteiger partial charge on any atom is -0.473 e. The van der Waals surface area contributed by atoms with Gasteiger partial charge in [0.1, 0.15) is 11.9 Å². The number of fused-ring (bicyclic) bond motifs is 1. The molecule has 1 saturated heterocycles. The minimum atomic E-state index is -3.65. The highest BCUT2D eigenvalue weighted by molar-refractivity contribution is 7.89. The number of hydrogen-bond acceptors (Lipinski definition) is 4. The van der Waals surface area contributed by atoms with Gasteiger partial charge in [-0.15, -0.1) is 0 Å². The fourth-order valence-electron chi connectivity index (χ4n) is 3.05. The highest BCUT2D eigenvalue weighted by Gasteiger charge is 2.33. The minimum absolute atomic E-state index is 0.0865. The normalized spacial score (nSPS) is 18.3. The molecule has 0 saturated carbocycles. The molecule has 0 radical (unpaired) electrons. The molecule has 0 spiro atoms. The van der Waals surface area contributed by atoms with Crippen molar-refractivity contribution in [1.82, 2.24) is 9.29 Å². The van der Waals surface area contributed by atoms with E-state index < -0.39 is 15.8 Å². The molecule has 0 aliphatic carbocycles. The van der Waals surface area contributed by atoms with E-state index in [0.29, 0.717) is 18.8 Å². The van der Waals surface area contributed by atoms with Gasteiger partial charge < -0.3 is 4.74 Å². The Balaban J connectivity index is 1.48. The molecular formula is C19H17FN2O3S. The zero-order valence-corrected chi connectivity index (χ0v) is 14.7. The van der Waals surface area contributed by atoms with Crippen molar-refractivity contribution in [3.05, 3.63) is 66.5 Å². The van der Waals surface area contributed by atoms with Crippen LogP contribution in [-0.4, -0.2) is 36.9 Å². The van der Waals surface area contributed by atoms with Crippen LogP contribution >= 0.6 is 0 Å². The third-order valence-electron chi connectivity index (χ3n) is 4.42. The van der Waals surface area contributed by atoms with Gasteiger partial charge in [-0.3, -0.25) is 0 Å². The van der Waals surface area contributed by atoms with E-state index in [2.05, 4.69) is 4.98 Å². The van der Waals surface area contributed by atoms with Crippen molar-refractivity contribution in [2.75, 3.05) is 13.1 Å². The van der Waals surface area contributed by atoms with E-state index in [-0.39, 0.29) is 17.5 Å². The van der Waals surface area contributed by atoms with Crippen molar-refractivity contribution in [1.29, 1.82) is 0 Å². The first-order valence-electron chi connectivity index (χ1n) is 8.30. The zero-order valence-electron chi connectivity index (χ0n) is 13.9. The van der Waals surface area contributed by atoms with Crippen LogP contribution in [0.4, 0.5) is 4.39 Å². The van der Waals surface area contributed by atoms with Crippen molar-refractivity contribution in [3.8, 4) is 5.88 Å². The second-order valence-corrected chi connectivity index (χ2v) is 8.13. The van der Waals surface area contributed by atoms with E-state index in [1.807, 2.05) is 30.3 Å². The van der Waals surface area contributed by atoms with Gasteiger partial charge in [-0.2, -0.15) is 4.31 Å². The third kappa shape index (κ3) is 3.27. The lowest BCUT2D eigenvalue weighted by molar-refractivity contribution is 0.207. The van der Waals surface area contributed by atoms with Crippen LogP contribution in [0.25, 0.3) is 10.9 Å². The number of sulfonamides is 1. The molecule has 1 aromatic heterocycles. The standard InChI is InChI=1S/C19H17FN2O3S/c20-15-6-8-17(9-7-15)26(23,24)22-12-11-16(13-22)25-19-10-5-14-3-1-2-4-18(14)21-19/h1-10,16H,11-13H2. The highest BCUT2D eigenvalue weighted by Crippen LogP contribution is 2.24. The van der Waals surface area contributed by atoms with E-state index >= 15 is 0 Å². The van der Waals surface area contributed by atoms with E-state index in [4.69, 9.17) is 4.74 Å². The maximum atomic E-state index is 13.0. The van der Waals surface area contributed by atoms with E-state index in [1.165, 1.54) is 16.4 Å². The number of halogens is 1. The number of aromatic nitrogens is 1. The number of para-hydroxylation sites is 1. The fraction of sp³-hybridized carbons (Fsp3) is 0.211. The van der Waals surface area contributed by atoms with Crippen molar-refractivity contribution >= 4 is 20.9 Å². The van der Waals surface area contributed by atoms with Gasteiger partial charge >= 0.3 is 0 Å². The third-order valence-corrected chi connectivity index (χ3v) is 6.30. The van der Waals surface area contributed by atoms with E-state index in [1.54, 1.807) is 6.07 Å². The zero-order chi connectivity index (χ0) is 18.1. The monoisotopic (exact) mass is 372 g/mol. The average molecular weight is 372 g/mol. The summed E-state index contributed by atoms with van der Waals surface area (Å²) in [6, 6.07) is 16.3. The van der Waals surface area contributed by atoms with Crippen molar-refractivity contribution in [2.45, 2.75) is 17.4 Å². The van der Waals surface area contributed by atoms with Crippen LogP contribution in [0.3, 0.4) is 0 Å². The molecule has 1 aliphatic rings. The van der Waals surface area contributed by atoms with Gasteiger partial charge in [0.05, 0.1) is 17.0 Å². The lowest BCUT2D eigenvalue weighted by Crippen LogP contribution is -2.31. The van der Waals surface area contributed by atoms with Gasteiger partial charge in [0, 0.05) is 18.0 Å². The Morgan fingerprint density at radius 3 is 2.62 bits per heavy atom. The Morgan fingerprint density at radius 1 is 1.04 bits per heavy atom. The Labute approximate surface area is 151 Å². The molecule has 1 atom stereocenters. The van der Waals surface area contributed by atoms with Crippen LogP contribution in [0.1, 0.15) is 6.42 Å². The molecule has 2 heterocycles. The maximum Gasteiger partial charge on any atom is 0.243 e. The summed E-state index contributed by atoms with van der Waals surface area (Å²) in [4.78, 5) is 4.55. The SMILES string of the molecule is O=S(=O)(c1ccc(F)cc1)N1CCC(Oc2ccc3ccccc3n2)C1. The number of benzene rings is 2. The molecule has 134 valence electrons. The summed E-state index contributed by atoms with van der Waals surface area (Å²) in [6.07, 6.45) is 0.313. The second-order valence-electron chi connectivity index (χ2n) is 6.19. The van der Waals surface area contributed by atoms with Crippen LogP contribution in [0.2, 0.25) is 0 Å². The van der Waals surface area contributed by atoms with E-state index in [0.717, 1.165) is 23.0 Å². The number of hydrogen-bond donors (Lipinski definition) is 0. The molecule has 0 N–H and O–H groups in total. The van der Waals surface area contributed by atoms with Crippen LogP contribution in [0.5, 0.6) is 5.88 Å². The predicted octanol–water partition coefficient (Wildman–Crippen LogP) is 3.22. The largest absolute Gasteiger partial charge is 0.473 e. The quantitative estimate of drug-likeness (QED) is 0.706. The number of nitrogens with zero attached hydrogens (tertiary/aromatic N) is 2. The van der Waals surface area contributed by atoms with Crippen LogP contribution in [-0.2, 0) is 10.0 Å². The van der Waals surface area contributed by atoms with Crippen LogP contribution < -0.4 is 4.74 Å². The van der Waals surface area contributed by atoms with Crippen LogP contribution in [0.15, 0.2) is 65.6 Å². The van der Waals surface area contributed by atoms with Gasteiger partial charge in [-0.1, -0.05) is 18.2 Å². The van der Waals surface area contributed by atoms with Gasteiger partial charge in [-0.05, 0) is 42.8 Å². The molecule has 4 rings (SSSR count). The first kappa shape index (κ1) is 16.9. The van der Waals surface area contributed by atoms with Crippen LogP contribution in [0, 0.1) is 5.82 Å². The van der Waals surface area contributed by atoms with Crippen molar-refractivity contribution < 1.29 is 17.5 Å². The average Bonchev–Trinajstić information content (AvgIpc) is 3.11. The fourth-order valence-corrected chi connectivity index (χ4v) is 4.54. The van der Waals surface area contributed by atoms with Gasteiger partial charge in [0.15, 0.2) is 0 Å². The molecule has 1 unspecified atom stereocenters. The topological polar surface area (TPSA) is 59.5 Å². The molecule has 1 aliphatic heterocycles. The summed E-state index contributed by atoms with van der Waals surface area (Å²) in [7, 11) is -3.65. The summed E-state index contributed by atoms with van der Waals surface area (Å²) in [5.41, 5.74) is 0.832. The summed E-state index contributed by atoms with van der Waals surface area (Å²) in [5, 5.41) is 1.02. The molecule has 0 bridgehead atoms. The lowest BCUT2D eigenvalue weighted by atomic mass is 10.2. The smallest absolute Gasteiger partial charge is 0.243 e. The number of rotatable bonds is 4. The predicted molar refractivity (Wildman–Crippen MR) is 95.9 cm³/mol. The summed E-state index contributed by atoms with van der Waals surface area (Å²) in [6.45, 7) is 0.603. The Hall–Kier alpha value is -2.51. The Kier molecular flexibility index (Phi) is 4.34. The van der Waals surface area contributed by atoms with Gasteiger partial charge in [0.2, 0.25) is 15.9 Å².